The number of carbonyl (C=O) groups excluding carboxylic acids is 4. The molecule has 0 aliphatic rings. The van der Waals surface area contributed by atoms with Crippen molar-refractivity contribution in [3.05, 3.63) is 70.8 Å². The molecule has 0 saturated carbocycles. The molecule has 5 aromatic carbocycles. The fourth-order valence-electron chi connectivity index (χ4n) is 4.57. The van der Waals surface area contributed by atoms with Crippen molar-refractivity contribution in [3.63, 3.8) is 0 Å². The van der Waals surface area contributed by atoms with Crippen molar-refractivity contribution < 1.29 is 39.6 Å². The van der Waals surface area contributed by atoms with E-state index in [4.69, 9.17) is 0 Å². The summed E-state index contributed by atoms with van der Waals surface area (Å²) in [7, 11) is 0. The number of benzene rings is 5. The fourth-order valence-corrected chi connectivity index (χ4v) is 4.57. The average Bonchev–Trinajstić information content (AvgIpc) is 2.75. The second-order valence-corrected chi connectivity index (χ2v) is 7.29. The summed E-state index contributed by atoms with van der Waals surface area (Å²) in [5, 5.41) is 48.9. The molecule has 5 aromatic rings. The number of carboxylic acid groups (broad SMARTS) is 4. The molecule has 0 spiro atoms. The maximum Gasteiger partial charge on any atom is 2.00 e. The Balaban J connectivity index is 0.00000162. The van der Waals surface area contributed by atoms with Gasteiger partial charge in [0, 0.05) is 33.0 Å². The molecule has 0 unspecified atom stereocenters. The Morgan fingerprint density at radius 2 is 0.588 bits per heavy atom. The quantitative estimate of drug-likeness (QED) is 0.161. The van der Waals surface area contributed by atoms with Gasteiger partial charge in [-0.1, -0.05) is 48.5 Å². The number of aromatic carboxylic acids is 4. The van der Waals surface area contributed by atoms with Crippen LogP contribution in [0.15, 0.2) is 48.5 Å². The number of hydrogen-bond acceptors (Lipinski definition) is 8. The Kier molecular flexibility index (Phi) is 7.34. The second kappa shape index (κ2) is 9.45. The Bertz CT molecular complexity index is 1450. The summed E-state index contributed by atoms with van der Waals surface area (Å²) in [4.78, 5) is 46.9. The smallest absolute Gasteiger partial charge is 0.545 e. The summed E-state index contributed by atoms with van der Waals surface area (Å²) in [6.45, 7) is 0. The van der Waals surface area contributed by atoms with Crippen LogP contribution >= 0.6 is 0 Å². The largest absolute Gasteiger partial charge is 2.00 e. The minimum Gasteiger partial charge on any atom is -0.545 e. The van der Waals surface area contributed by atoms with E-state index >= 15 is 0 Å². The van der Waals surface area contributed by atoms with E-state index in [1.165, 1.54) is 48.5 Å². The van der Waals surface area contributed by atoms with Gasteiger partial charge < -0.3 is 39.6 Å². The molecule has 0 aromatic heterocycles. The van der Waals surface area contributed by atoms with Crippen LogP contribution in [0.3, 0.4) is 0 Å². The molecule has 0 bridgehead atoms. The Hall–Kier alpha value is -2.20. The van der Waals surface area contributed by atoms with Gasteiger partial charge >= 0.3 is 75.5 Å². The van der Waals surface area contributed by atoms with E-state index in [0.29, 0.717) is 32.3 Å². The molecule has 10 heteroatoms. The van der Waals surface area contributed by atoms with Crippen LogP contribution in [0.5, 0.6) is 0 Å². The topological polar surface area (TPSA) is 161 Å². The molecule has 0 saturated heterocycles. The number of carbonyl (C=O) groups is 4. The number of hydrogen-bond donors (Lipinski definition) is 0. The SMILES string of the molecule is O=C([O-])c1ccc2c3ccc(C(=O)[O-])c4c(C(=O)[O-])ccc(c5ccc(C(=O)[O-])c1c25)c43.[Ca+2].[Ca+2]. The number of fused-ring (bicyclic) bond motifs is 2. The molecule has 5 rings (SSSR count). The molecule has 0 N–H and O–H groups in total. The molecule has 0 amide bonds. The summed E-state index contributed by atoms with van der Waals surface area (Å²) in [5.74, 6) is -6.31. The summed E-state index contributed by atoms with van der Waals surface area (Å²) < 4.78 is 0. The molecule has 0 atom stereocenters. The van der Waals surface area contributed by atoms with Crippen molar-refractivity contribution in [2.24, 2.45) is 0 Å². The van der Waals surface area contributed by atoms with Crippen LogP contribution < -0.4 is 20.4 Å². The van der Waals surface area contributed by atoms with E-state index in [2.05, 4.69) is 0 Å². The first-order chi connectivity index (χ1) is 15.2. The Morgan fingerprint density at radius 3 is 0.765 bits per heavy atom. The van der Waals surface area contributed by atoms with Gasteiger partial charge in [0.2, 0.25) is 0 Å². The molecule has 8 nitrogen and oxygen atoms in total. The van der Waals surface area contributed by atoms with E-state index in [1.54, 1.807) is 0 Å². The summed E-state index contributed by atoms with van der Waals surface area (Å²) in [5.41, 5.74) is -1.38. The van der Waals surface area contributed by atoms with E-state index in [-0.39, 0.29) is 109 Å². The Labute approximate surface area is 250 Å². The first-order valence-electron chi connectivity index (χ1n) is 9.28. The maximum atomic E-state index is 11.7. The van der Waals surface area contributed by atoms with E-state index in [0.717, 1.165) is 0 Å². The zero-order chi connectivity index (χ0) is 22.9. The van der Waals surface area contributed by atoms with Crippen LogP contribution in [0.25, 0.3) is 43.1 Å². The molecule has 0 fully saturated rings. The van der Waals surface area contributed by atoms with Crippen LogP contribution in [0.2, 0.25) is 0 Å². The van der Waals surface area contributed by atoms with Crippen LogP contribution in [0.1, 0.15) is 41.4 Å². The third-order valence-corrected chi connectivity index (χ3v) is 5.78. The molecule has 0 heterocycles. The normalized spacial score (nSPS) is 10.8. The van der Waals surface area contributed by atoms with Gasteiger partial charge in [0.05, 0.1) is 23.9 Å². The molecule has 0 aliphatic carbocycles. The van der Waals surface area contributed by atoms with Gasteiger partial charge in [-0.3, -0.25) is 0 Å². The second-order valence-electron chi connectivity index (χ2n) is 7.29. The monoisotopic (exact) mass is 504 g/mol. The minimum absolute atomic E-state index is 0. The van der Waals surface area contributed by atoms with Crippen LogP contribution in [0.4, 0.5) is 0 Å². The molecule has 156 valence electrons. The van der Waals surface area contributed by atoms with Crippen molar-refractivity contribution in [2.45, 2.75) is 0 Å². The standard InChI is InChI=1S/C24H12O8.2Ca/c25-21(26)13-5-1-9-10-2-6-15(23(29)30)20-16(24(31)32)8-4-12(18(10)20)11-3-7-14(22(27)28)19(13)17(9)11;;/h1-8H,(H,25,26)(H,27,28)(H,29,30)(H,31,32);;/q;2*+2/p-4. The van der Waals surface area contributed by atoms with Gasteiger partial charge in [-0.2, -0.15) is 0 Å². The van der Waals surface area contributed by atoms with Gasteiger partial charge in [-0.05, 0) is 32.3 Å². The average molecular weight is 504 g/mol. The van der Waals surface area contributed by atoms with Crippen molar-refractivity contribution in [2.75, 3.05) is 0 Å². The third-order valence-electron chi connectivity index (χ3n) is 5.78. The Morgan fingerprint density at radius 1 is 0.382 bits per heavy atom. The molecule has 0 aliphatic heterocycles. The van der Waals surface area contributed by atoms with Gasteiger partial charge in [0.15, 0.2) is 0 Å². The third kappa shape index (κ3) is 3.69. The van der Waals surface area contributed by atoms with Crippen molar-refractivity contribution in [3.8, 4) is 0 Å². The predicted octanol–water partition coefficient (Wildman–Crippen LogP) is -1.57. The van der Waals surface area contributed by atoms with Crippen LogP contribution in [-0.4, -0.2) is 99.4 Å². The van der Waals surface area contributed by atoms with Crippen LogP contribution in [-0.2, 0) is 0 Å². The zero-order valence-electron chi connectivity index (χ0n) is 17.3. The van der Waals surface area contributed by atoms with Gasteiger partial charge in [-0.25, -0.2) is 0 Å². The minimum atomic E-state index is -1.58. The molecule has 0 radical (unpaired) electrons. The van der Waals surface area contributed by atoms with Crippen molar-refractivity contribution in [1.29, 1.82) is 0 Å². The van der Waals surface area contributed by atoms with Crippen LogP contribution in [0, 0.1) is 0 Å². The van der Waals surface area contributed by atoms with E-state index in [9.17, 15) is 39.6 Å². The summed E-state index contributed by atoms with van der Waals surface area (Å²) >= 11 is 0. The van der Waals surface area contributed by atoms with E-state index in [1.807, 2.05) is 0 Å². The molecular weight excluding hydrogens is 496 g/mol. The zero-order valence-corrected chi connectivity index (χ0v) is 21.7. The van der Waals surface area contributed by atoms with Gasteiger partial charge in [-0.15, -0.1) is 0 Å². The van der Waals surface area contributed by atoms with E-state index < -0.39 is 23.9 Å². The first kappa shape index (κ1) is 26.4. The molecule has 34 heavy (non-hydrogen) atoms. The summed E-state index contributed by atoms with van der Waals surface area (Å²) in [6, 6.07) is 10.5. The summed E-state index contributed by atoms with van der Waals surface area (Å²) in [6.07, 6.45) is 0. The number of rotatable bonds is 4. The van der Waals surface area contributed by atoms with Crippen molar-refractivity contribution in [1.82, 2.24) is 0 Å². The first-order valence-corrected chi connectivity index (χ1v) is 9.28. The number of carboxylic acids is 4. The van der Waals surface area contributed by atoms with Crippen molar-refractivity contribution >= 4 is 142 Å². The fraction of sp³-hybridized carbons (Fsp3) is 0. The van der Waals surface area contributed by atoms with Gasteiger partial charge in [0.25, 0.3) is 0 Å². The van der Waals surface area contributed by atoms with Gasteiger partial charge in [0.1, 0.15) is 0 Å². The predicted molar refractivity (Wildman–Crippen MR) is 116 cm³/mol. The molecular formula is C24H8Ca2O8. The maximum absolute atomic E-state index is 11.7.